The highest BCUT2D eigenvalue weighted by Crippen LogP contribution is 2.30. The van der Waals surface area contributed by atoms with E-state index < -0.39 is 22.1 Å². The number of thioether (sulfide) groups is 1. The van der Waals surface area contributed by atoms with Crippen LogP contribution in [0.5, 0.6) is 0 Å². The molecule has 1 aliphatic rings. The summed E-state index contributed by atoms with van der Waals surface area (Å²) in [5.41, 5.74) is -0.410. The second-order valence-corrected chi connectivity index (χ2v) is 9.68. The number of carbonyl (C=O) groups is 1. The maximum Gasteiger partial charge on any atom is 0.282 e. The Labute approximate surface area is 176 Å². The molecule has 1 fully saturated rings. The minimum Gasteiger partial charge on any atom is -0.411 e. The van der Waals surface area contributed by atoms with Crippen LogP contribution >= 0.6 is 11.8 Å². The average molecular weight is 465 g/mol. The molecule has 0 saturated carbocycles. The first-order chi connectivity index (χ1) is 14.2. The van der Waals surface area contributed by atoms with Gasteiger partial charge in [0.1, 0.15) is 5.69 Å². The van der Waals surface area contributed by atoms with Crippen LogP contribution in [0.25, 0.3) is 11.5 Å². The van der Waals surface area contributed by atoms with Crippen LogP contribution in [0.15, 0.2) is 15.8 Å². The van der Waals surface area contributed by atoms with Crippen molar-refractivity contribution in [2.75, 3.05) is 37.7 Å². The van der Waals surface area contributed by atoms with E-state index in [0.717, 1.165) is 11.8 Å². The third kappa shape index (κ3) is 5.16. The van der Waals surface area contributed by atoms with Crippen molar-refractivity contribution in [3.63, 3.8) is 0 Å². The Bertz CT molecular complexity index is 986. The van der Waals surface area contributed by atoms with Gasteiger partial charge in [-0.05, 0) is 6.42 Å². The summed E-state index contributed by atoms with van der Waals surface area (Å²) in [7, 11) is -1.77. The minimum atomic E-state index is -3.27. The Kier molecular flexibility index (Phi) is 7.08. The van der Waals surface area contributed by atoms with Gasteiger partial charge in [0, 0.05) is 39.4 Å². The molecule has 1 saturated heterocycles. The minimum absolute atomic E-state index is 0.0120. The van der Waals surface area contributed by atoms with Crippen molar-refractivity contribution in [1.29, 1.82) is 0 Å². The van der Waals surface area contributed by atoms with Crippen molar-refractivity contribution in [3.05, 3.63) is 11.9 Å². The summed E-state index contributed by atoms with van der Waals surface area (Å²) in [4.78, 5) is 14.0. The van der Waals surface area contributed by atoms with Crippen LogP contribution in [0.2, 0.25) is 0 Å². The van der Waals surface area contributed by atoms with Crippen molar-refractivity contribution in [1.82, 2.24) is 29.2 Å². The standard InChI is InChI=1S/C16H22F2N6O4S2/c1-3-8-30(26,27)24-6-4-23(5-7-24)12(25)10-29-16-20-19-15(28-16)11-9-22(2)21-13(11)14(17)18/h9,14H,3-8,10H2,1-2H3. The van der Waals surface area contributed by atoms with Gasteiger partial charge in [0.2, 0.25) is 15.9 Å². The van der Waals surface area contributed by atoms with E-state index in [2.05, 4.69) is 15.3 Å². The predicted octanol–water partition coefficient (Wildman–Crippen LogP) is 1.38. The first-order valence-corrected chi connectivity index (χ1v) is 11.8. The van der Waals surface area contributed by atoms with Gasteiger partial charge in [-0.3, -0.25) is 9.48 Å². The summed E-state index contributed by atoms with van der Waals surface area (Å²) < 4.78 is 58.4. The molecule has 3 rings (SSSR count). The van der Waals surface area contributed by atoms with E-state index in [1.807, 2.05) is 0 Å². The number of rotatable bonds is 8. The Morgan fingerprint density at radius 3 is 2.60 bits per heavy atom. The fourth-order valence-corrected chi connectivity index (χ4v) is 5.19. The van der Waals surface area contributed by atoms with Gasteiger partial charge in [-0.2, -0.15) is 9.40 Å². The number of alkyl halides is 2. The first kappa shape index (κ1) is 22.6. The van der Waals surface area contributed by atoms with E-state index in [-0.39, 0.29) is 47.2 Å². The van der Waals surface area contributed by atoms with Gasteiger partial charge in [-0.1, -0.05) is 18.7 Å². The second kappa shape index (κ2) is 9.39. The molecule has 166 valence electrons. The molecule has 0 atom stereocenters. The lowest BCUT2D eigenvalue weighted by Gasteiger charge is -2.33. The number of hydrogen-bond acceptors (Lipinski definition) is 8. The Morgan fingerprint density at radius 1 is 1.27 bits per heavy atom. The third-order valence-electron chi connectivity index (χ3n) is 4.47. The largest absolute Gasteiger partial charge is 0.411 e. The zero-order chi connectivity index (χ0) is 21.9. The molecule has 2 aromatic heterocycles. The number of amides is 1. The van der Waals surface area contributed by atoms with E-state index in [0.29, 0.717) is 19.5 Å². The topological polar surface area (TPSA) is 114 Å². The normalized spacial score (nSPS) is 15.8. The molecule has 1 amide bonds. The predicted molar refractivity (Wildman–Crippen MR) is 104 cm³/mol. The number of aromatic nitrogens is 4. The monoisotopic (exact) mass is 464 g/mol. The number of sulfonamides is 1. The zero-order valence-electron chi connectivity index (χ0n) is 16.5. The van der Waals surface area contributed by atoms with Crippen LogP contribution < -0.4 is 0 Å². The molecular weight excluding hydrogens is 442 g/mol. The van der Waals surface area contributed by atoms with Gasteiger partial charge < -0.3 is 9.32 Å². The lowest BCUT2D eigenvalue weighted by Crippen LogP contribution is -2.51. The SMILES string of the molecule is CCCS(=O)(=O)N1CCN(C(=O)CSc2nnc(-c3cn(C)nc3C(F)F)o2)CC1. The fourth-order valence-electron chi connectivity index (χ4n) is 3.03. The molecule has 3 heterocycles. The average Bonchev–Trinajstić information content (AvgIpc) is 3.32. The van der Waals surface area contributed by atoms with Crippen LogP contribution in [0.3, 0.4) is 0 Å². The molecule has 2 aromatic rings. The quantitative estimate of drug-likeness (QED) is 0.539. The molecule has 1 aliphatic heterocycles. The molecule has 14 heteroatoms. The molecular formula is C16H22F2N6O4S2. The zero-order valence-corrected chi connectivity index (χ0v) is 18.1. The number of carbonyl (C=O) groups excluding carboxylic acids is 1. The maximum atomic E-state index is 13.1. The number of halogens is 2. The van der Waals surface area contributed by atoms with E-state index >= 15 is 0 Å². The van der Waals surface area contributed by atoms with Gasteiger partial charge in [-0.25, -0.2) is 17.2 Å². The summed E-state index contributed by atoms with van der Waals surface area (Å²) in [5, 5.41) is 11.3. The van der Waals surface area contributed by atoms with Crippen molar-refractivity contribution < 1.29 is 26.4 Å². The molecule has 0 aliphatic carbocycles. The second-order valence-electron chi connectivity index (χ2n) is 6.66. The van der Waals surface area contributed by atoms with Gasteiger partial charge >= 0.3 is 0 Å². The van der Waals surface area contributed by atoms with Crippen LogP contribution in [-0.4, -0.2) is 81.2 Å². The number of aryl methyl sites for hydroxylation is 1. The van der Waals surface area contributed by atoms with Crippen molar-refractivity contribution in [3.8, 4) is 11.5 Å². The maximum absolute atomic E-state index is 13.1. The number of piperazine rings is 1. The van der Waals surface area contributed by atoms with Crippen LogP contribution in [0.4, 0.5) is 8.78 Å². The highest BCUT2D eigenvalue weighted by atomic mass is 32.2. The van der Waals surface area contributed by atoms with Gasteiger partial charge in [0.25, 0.3) is 17.5 Å². The lowest BCUT2D eigenvalue weighted by molar-refractivity contribution is -0.129. The van der Waals surface area contributed by atoms with Crippen LogP contribution in [-0.2, 0) is 21.9 Å². The Hall–Kier alpha value is -2.06. The number of nitrogens with zero attached hydrogens (tertiary/aromatic N) is 6. The van der Waals surface area contributed by atoms with E-state index in [1.165, 1.54) is 22.2 Å². The lowest BCUT2D eigenvalue weighted by atomic mass is 10.2. The third-order valence-corrected chi connectivity index (χ3v) is 7.35. The van der Waals surface area contributed by atoms with E-state index in [1.54, 1.807) is 11.8 Å². The Morgan fingerprint density at radius 2 is 1.97 bits per heavy atom. The smallest absolute Gasteiger partial charge is 0.282 e. The van der Waals surface area contributed by atoms with Gasteiger partial charge in [0.15, 0.2) is 0 Å². The molecule has 0 spiro atoms. The van der Waals surface area contributed by atoms with Crippen LogP contribution in [0.1, 0.15) is 25.5 Å². The molecule has 0 aromatic carbocycles. The van der Waals surface area contributed by atoms with Gasteiger partial charge in [-0.15, -0.1) is 10.2 Å². The number of hydrogen-bond donors (Lipinski definition) is 0. The van der Waals surface area contributed by atoms with Crippen molar-refractivity contribution in [2.24, 2.45) is 7.05 Å². The molecule has 30 heavy (non-hydrogen) atoms. The van der Waals surface area contributed by atoms with Crippen molar-refractivity contribution >= 4 is 27.7 Å². The van der Waals surface area contributed by atoms with Crippen molar-refractivity contribution in [2.45, 2.75) is 25.0 Å². The first-order valence-electron chi connectivity index (χ1n) is 9.25. The summed E-state index contributed by atoms with van der Waals surface area (Å²) in [6.45, 7) is 2.96. The molecule has 0 bridgehead atoms. The fraction of sp³-hybridized carbons (Fsp3) is 0.625. The summed E-state index contributed by atoms with van der Waals surface area (Å²) in [6.07, 6.45) is -0.881. The summed E-state index contributed by atoms with van der Waals surface area (Å²) in [5.74, 6) is -0.177. The highest BCUT2D eigenvalue weighted by molar-refractivity contribution is 7.99. The van der Waals surface area contributed by atoms with E-state index in [9.17, 15) is 22.0 Å². The molecule has 0 radical (unpaired) electrons. The van der Waals surface area contributed by atoms with Gasteiger partial charge in [0.05, 0.1) is 17.1 Å². The summed E-state index contributed by atoms with van der Waals surface area (Å²) >= 11 is 0.995. The molecule has 0 unspecified atom stereocenters. The summed E-state index contributed by atoms with van der Waals surface area (Å²) in [6, 6.07) is 0. The Balaban J connectivity index is 1.54. The molecule has 10 nitrogen and oxygen atoms in total. The van der Waals surface area contributed by atoms with Crippen LogP contribution in [0, 0.1) is 0 Å². The highest BCUT2D eigenvalue weighted by Gasteiger charge is 2.28. The molecule has 0 N–H and O–H groups in total. The van der Waals surface area contributed by atoms with E-state index in [4.69, 9.17) is 4.42 Å².